The van der Waals surface area contributed by atoms with Gasteiger partial charge in [-0.2, -0.15) is 0 Å². The first-order valence-electron chi connectivity index (χ1n) is 32.6. The Hall–Kier alpha value is -4.63. The summed E-state index contributed by atoms with van der Waals surface area (Å²) >= 11 is 0. The quantitative estimate of drug-likeness (QED) is 0.0264. The smallest absolute Gasteiger partial charge is 0.462 e. The lowest BCUT2D eigenvalue weighted by molar-refractivity contribution is -0.161. The lowest BCUT2D eigenvalue weighted by Gasteiger charge is -2.19. The van der Waals surface area contributed by atoms with Crippen LogP contribution in [-0.2, 0) is 32.7 Å². The van der Waals surface area contributed by atoms with E-state index in [9.17, 15) is 19.0 Å². The lowest BCUT2D eigenvalue weighted by Crippen LogP contribution is -2.29. The first-order valence-corrected chi connectivity index (χ1v) is 34.1. The summed E-state index contributed by atoms with van der Waals surface area (Å²) in [5, 5.41) is 0. The van der Waals surface area contributed by atoms with E-state index in [-0.39, 0.29) is 32.6 Å². The maximum Gasteiger partial charge on any atom is 0.472 e. The molecule has 10 heteroatoms. The number of phosphoric acid groups is 1. The highest BCUT2D eigenvalue weighted by atomic mass is 31.2. The van der Waals surface area contributed by atoms with E-state index >= 15 is 0 Å². The van der Waals surface area contributed by atoms with Crippen LogP contribution in [-0.4, -0.2) is 49.3 Å². The molecule has 2 atom stereocenters. The van der Waals surface area contributed by atoms with Crippen molar-refractivity contribution in [1.82, 2.24) is 0 Å². The van der Waals surface area contributed by atoms with E-state index in [0.29, 0.717) is 12.8 Å². The topological polar surface area (TPSA) is 134 Å². The minimum atomic E-state index is -4.41. The number of rotatable bonds is 59. The molecule has 0 radical (unpaired) electrons. The SMILES string of the molecule is CC/C=C\C/C=C\C/C=C\C/C=C\C/C=C\C/C=C\C/C=C\CCCCCCCCCCCC(=O)OCC(COP(=O)(O)OCCN)OC(=O)CCCCCCCCCCC/C=C\C/C=C\C/C=C\C/C=C\C/C=C\C/C=C\C/C=C\CC. The molecule has 0 spiro atoms. The Labute approximate surface area is 508 Å². The Morgan fingerprint density at radius 1 is 0.361 bits per heavy atom. The highest BCUT2D eigenvalue weighted by molar-refractivity contribution is 7.47. The molecule has 83 heavy (non-hydrogen) atoms. The van der Waals surface area contributed by atoms with Crippen LogP contribution in [0.25, 0.3) is 0 Å². The molecule has 0 amide bonds. The number of esters is 2. The maximum absolute atomic E-state index is 12.8. The zero-order chi connectivity index (χ0) is 60.1. The first kappa shape index (κ1) is 78.4. The molecule has 9 nitrogen and oxygen atoms in total. The van der Waals surface area contributed by atoms with Crippen LogP contribution in [0, 0.1) is 0 Å². The number of carbonyl (C=O) groups is 2. The zero-order valence-electron chi connectivity index (χ0n) is 52.4. The molecule has 0 aliphatic heterocycles. The van der Waals surface area contributed by atoms with Gasteiger partial charge in [0.25, 0.3) is 0 Å². The van der Waals surface area contributed by atoms with Crippen molar-refractivity contribution in [2.24, 2.45) is 5.73 Å². The van der Waals surface area contributed by atoms with Crippen LogP contribution < -0.4 is 5.73 Å². The van der Waals surface area contributed by atoms with Crippen LogP contribution >= 0.6 is 7.82 Å². The molecule has 0 bridgehead atoms. The van der Waals surface area contributed by atoms with Crippen molar-refractivity contribution < 1.29 is 37.6 Å². The monoisotopic (exact) mass is 1170 g/mol. The number of nitrogens with two attached hydrogens (primary N) is 1. The third-order valence-corrected chi connectivity index (χ3v) is 14.1. The summed E-state index contributed by atoms with van der Waals surface area (Å²) in [6.45, 7) is 3.49. The van der Waals surface area contributed by atoms with Crippen LogP contribution in [0.2, 0.25) is 0 Å². The predicted octanol–water partition coefficient (Wildman–Crippen LogP) is 21.4. The number of hydrogen-bond donors (Lipinski definition) is 2. The third-order valence-electron chi connectivity index (χ3n) is 13.1. The number of phosphoric ester groups is 1. The fourth-order valence-electron chi connectivity index (χ4n) is 8.36. The van der Waals surface area contributed by atoms with Gasteiger partial charge in [0.05, 0.1) is 13.2 Å². The van der Waals surface area contributed by atoms with E-state index in [1.807, 2.05) is 0 Å². The largest absolute Gasteiger partial charge is 0.472 e. The van der Waals surface area contributed by atoms with E-state index in [2.05, 4.69) is 184 Å². The van der Waals surface area contributed by atoms with Crippen LogP contribution in [0.15, 0.2) is 170 Å². The van der Waals surface area contributed by atoms with E-state index in [0.717, 1.165) is 141 Å². The number of allylic oxidation sites excluding steroid dienone is 28. The van der Waals surface area contributed by atoms with Gasteiger partial charge < -0.3 is 20.1 Å². The number of unbranched alkanes of at least 4 members (excludes halogenated alkanes) is 18. The van der Waals surface area contributed by atoms with Crippen molar-refractivity contribution in [2.75, 3.05) is 26.4 Å². The molecular formula is C73H118NO8P. The van der Waals surface area contributed by atoms with E-state index < -0.39 is 32.5 Å². The van der Waals surface area contributed by atoms with Gasteiger partial charge in [0.2, 0.25) is 0 Å². The number of carbonyl (C=O) groups excluding carboxylic acids is 2. The minimum absolute atomic E-state index is 0.0425. The number of ether oxygens (including phenoxy) is 2. The molecule has 0 saturated heterocycles. The van der Waals surface area contributed by atoms with Gasteiger partial charge in [0.15, 0.2) is 6.10 Å². The predicted molar refractivity (Wildman–Crippen MR) is 357 cm³/mol. The van der Waals surface area contributed by atoms with Gasteiger partial charge in [-0.1, -0.05) is 274 Å². The van der Waals surface area contributed by atoms with Crippen molar-refractivity contribution in [3.8, 4) is 0 Å². The number of hydrogen-bond acceptors (Lipinski definition) is 8. The Morgan fingerprint density at radius 3 is 0.928 bits per heavy atom. The summed E-state index contributed by atoms with van der Waals surface area (Å²) in [6.07, 6.45) is 98.4. The molecule has 0 aliphatic rings. The molecule has 0 aromatic heterocycles. The average molecular weight is 1170 g/mol. The zero-order valence-corrected chi connectivity index (χ0v) is 53.3. The molecule has 0 aromatic carbocycles. The molecule has 0 aromatic rings. The summed E-state index contributed by atoms with van der Waals surface area (Å²) in [4.78, 5) is 35.3. The molecule has 0 saturated carbocycles. The molecular weight excluding hydrogens is 1050 g/mol. The average Bonchev–Trinajstić information content (AvgIpc) is 3.48. The van der Waals surface area contributed by atoms with Crippen molar-refractivity contribution in [3.05, 3.63) is 170 Å². The first-order chi connectivity index (χ1) is 40.8. The summed E-state index contributed by atoms with van der Waals surface area (Å²) in [6, 6.07) is 0. The van der Waals surface area contributed by atoms with Crippen LogP contribution in [0.1, 0.15) is 245 Å². The van der Waals surface area contributed by atoms with Crippen molar-refractivity contribution in [1.29, 1.82) is 0 Å². The van der Waals surface area contributed by atoms with Gasteiger partial charge >= 0.3 is 19.8 Å². The highest BCUT2D eigenvalue weighted by Crippen LogP contribution is 2.43. The van der Waals surface area contributed by atoms with Crippen molar-refractivity contribution >= 4 is 19.8 Å². The fourth-order valence-corrected chi connectivity index (χ4v) is 9.13. The molecule has 0 aliphatic carbocycles. The van der Waals surface area contributed by atoms with Gasteiger partial charge in [-0.25, -0.2) is 4.57 Å². The van der Waals surface area contributed by atoms with Crippen molar-refractivity contribution in [3.63, 3.8) is 0 Å². The van der Waals surface area contributed by atoms with Gasteiger partial charge in [-0.15, -0.1) is 0 Å². The normalized spacial score (nSPS) is 14.1. The molecule has 468 valence electrons. The Bertz CT molecular complexity index is 1960. The molecule has 2 unspecified atom stereocenters. The van der Waals surface area contributed by atoms with E-state index in [4.69, 9.17) is 24.3 Å². The highest BCUT2D eigenvalue weighted by Gasteiger charge is 2.26. The molecule has 3 N–H and O–H groups in total. The van der Waals surface area contributed by atoms with E-state index in [1.165, 1.54) is 64.2 Å². The summed E-state index contributed by atoms with van der Waals surface area (Å²) in [7, 11) is -4.41. The molecule has 0 heterocycles. The van der Waals surface area contributed by atoms with Crippen molar-refractivity contribution in [2.45, 2.75) is 251 Å². The van der Waals surface area contributed by atoms with Crippen LogP contribution in [0.4, 0.5) is 0 Å². The Kier molecular flexibility index (Phi) is 62.8. The van der Waals surface area contributed by atoms with Gasteiger partial charge in [0.1, 0.15) is 6.61 Å². The van der Waals surface area contributed by atoms with Crippen LogP contribution in [0.3, 0.4) is 0 Å². The summed E-state index contributed by atoms with van der Waals surface area (Å²) in [5.74, 6) is -0.852. The second kappa shape index (κ2) is 66.5. The van der Waals surface area contributed by atoms with Crippen LogP contribution in [0.5, 0.6) is 0 Å². The molecule has 0 rings (SSSR count). The second-order valence-electron chi connectivity index (χ2n) is 20.9. The minimum Gasteiger partial charge on any atom is -0.462 e. The lowest BCUT2D eigenvalue weighted by atomic mass is 10.1. The summed E-state index contributed by atoms with van der Waals surface area (Å²) < 4.78 is 33.1. The van der Waals surface area contributed by atoms with Gasteiger partial charge in [-0.3, -0.25) is 18.6 Å². The Balaban J connectivity index is 4.02. The molecule has 0 fully saturated rings. The second-order valence-corrected chi connectivity index (χ2v) is 22.3. The van der Waals surface area contributed by atoms with Gasteiger partial charge in [0, 0.05) is 19.4 Å². The summed E-state index contributed by atoms with van der Waals surface area (Å²) in [5.41, 5.74) is 5.39. The van der Waals surface area contributed by atoms with Gasteiger partial charge in [-0.05, 0) is 128 Å². The third kappa shape index (κ3) is 66.4. The standard InChI is InChI=1S/C73H118NO8P/c1-3-5-7-9-11-13-15-17-19-21-23-25-27-29-31-33-35-37-39-41-43-45-47-49-51-53-55-57-59-61-63-65-72(75)79-69-71(70-81-83(77,78)80-68-67-74)82-73(76)66-64-62-60-58-56-54-52-50-48-46-44-42-40-38-36-34-32-30-28-26-24-22-20-18-16-14-12-10-8-6-4-2/h5-8,11-14,17-20,23-26,29-32,35-38,41-44,71H,3-4,9-10,15-16,21-22,27-28,33-34,39-40,45-70,74H2,1-2H3,(H,77,78)/b7-5-,8-6-,13-11-,14-12-,19-17-,20-18-,25-23-,26-24-,31-29-,32-30-,37-35-,38-36-,43-41-,44-42-. The fraction of sp³-hybridized carbons (Fsp3) is 0.589. The maximum atomic E-state index is 12.8. The van der Waals surface area contributed by atoms with E-state index in [1.54, 1.807) is 0 Å². The Morgan fingerprint density at radius 2 is 0.627 bits per heavy atom.